The number of nitrogens with two attached hydrogens (primary N) is 1. The fourth-order valence-corrected chi connectivity index (χ4v) is 2.44. The van der Waals surface area contributed by atoms with E-state index >= 15 is 0 Å². The van der Waals surface area contributed by atoms with Gasteiger partial charge in [0.05, 0.1) is 37.2 Å². The number of amides is 1. The predicted octanol–water partition coefficient (Wildman–Crippen LogP) is 0.944. The molecule has 7 heteroatoms. The Bertz CT molecular complexity index is 498. The third-order valence-electron chi connectivity index (χ3n) is 3.47. The average Bonchev–Trinajstić information content (AvgIpc) is 2.48. The maximum absolute atomic E-state index is 12.0. The van der Waals surface area contributed by atoms with Crippen molar-refractivity contribution in [3.05, 3.63) is 23.2 Å². The van der Waals surface area contributed by atoms with Crippen LogP contribution in [0.1, 0.15) is 6.42 Å². The van der Waals surface area contributed by atoms with Crippen molar-refractivity contribution in [1.82, 2.24) is 4.90 Å². The summed E-state index contributed by atoms with van der Waals surface area (Å²) in [5.74, 6) is -0.118. The maximum atomic E-state index is 12.0. The molecule has 0 saturated carbocycles. The molecule has 4 N–H and O–H groups in total. The van der Waals surface area contributed by atoms with Crippen LogP contribution in [0.3, 0.4) is 0 Å². The van der Waals surface area contributed by atoms with E-state index in [-0.39, 0.29) is 18.6 Å². The van der Waals surface area contributed by atoms with Crippen molar-refractivity contribution >= 4 is 28.9 Å². The molecule has 1 amide bonds. The number of carbonyl (C=O) groups excluding carboxylic acids is 1. The van der Waals surface area contributed by atoms with Gasteiger partial charge in [-0.15, -0.1) is 0 Å². The standard InChI is InChI=1S/C14H20ClN3O3/c15-10-1-2-13(12(16)7-10)17-14(20)3-4-18-5-6-21-9-11(18)8-19/h1-2,7,11,19H,3-6,8-9,16H2,(H,17,20). The van der Waals surface area contributed by atoms with E-state index in [0.717, 1.165) is 6.54 Å². The predicted molar refractivity (Wildman–Crippen MR) is 82.4 cm³/mol. The van der Waals surface area contributed by atoms with Crippen LogP contribution in [-0.2, 0) is 9.53 Å². The van der Waals surface area contributed by atoms with Crippen molar-refractivity contribution in [3.8, 4) is 0 Å². The first-order valence-electron chi connectivity index (χ1n) is 6.87. The molecule has 0 aromatic heterocycles. The Morgan fingerprint density at radius 1 is 1.57 bits per heavy atom. The van der Waals surface area contributed by atoms with Gasteiger partial charge in [0.2, 0.25) is 5.91 Å². The van der Waals surface area contributed by atoms with E-state index in [0.29, 0.717) is 42.6 Å². The Hall–Kier alpha value is -1.34. The van der Waals surface area contributed by atoms with Crippen molar-refractivity contribution < 1.29 is 14.6 Å². The van der Waals surface area contributed by atoms with Gasteiger partial charge in [0.15, 0.2) is 0 Å². The van der Waals surface area contributed by atoms with Gasteiger partial charge in [-0.25, -0.2) is 0 Å². The molecule has 1 saturated heterocycles. The summed E-state index contributed by atoms with van der Waals surface area (Å²) < 4.78 is 5.30. The summed E-state index contributed by atoms with van der Waals surface area (Å²) in [5, 5.41) is 12.6. The van der Waals surface area contributed by atoms with Gasteiger partial charge >= 0.3 is 0 Å². The number of benzene rings is 1. The lowest BCUT2D eigenvalue weighted by molar-refractivity contribution is -0.117. The monoisotopic (exact) mass is 313 g/mol. The molecule has 0 spiro atoms. The van der Waals surface area contributed by atoms with Crippen LogP contribution in [0.5, 0.6) is 0 Å². The molecule has 116 valence electrons. The first-order chi connectivity index (χ1) is 10.1. The van der Waals surface area contributed by atoms with Crippen LogP contribution in [0, 0.1) is 0 Å². The number of nitrogens with zero attached hydrogens (tertiary/aromatic N) is 1. The highest BCUT2D eigenvalue weighted by atomic mass is 35.5. The van der Waals surface area contributed by atoms with Crippen LogP contribution >= 0.6 is 11.6 Å². The Labute approximate surface area is 128 Å². The molecule has 1 unspecified atom stereocenters. The lowest BCUT2D eigenvalue weighted by Gasteiger charge is -2.34. The number of halogens is 1. The van der Waals surface area contributed by atoms with Crippen molar-refractivity contribution in [3.63, 3.8) is 0 Å². The molecule has 1 fully saturated rings. The molecule has 0 aliphatic carbocycles. The number of nitrogens with one attached hydrogen (secondary N) is 1. The number of morpholine rings is 1. The van der Waals surface area contributed by atoms with Gasteiger partial charge < -0.3 is 20.9 Å². The lowest BCUT2D eigenvalue weighted by Crippen LogP contribution is -2.48. The first kappa shape index (κ1) is 16.0. The number of hydrogen-bond acceptors (Lipinski definition) is 5. The molecule has 1 aliphatic heterocycles. The second kappa shape index (κ2) is 7.61. The number of anilines is 2. The number of hydrogen-bond donors (Lipinski definition) is 3. The van der Waals surface area contributed by atoms with Gasteiger partial charge in [-0.3, -0.25) is 9.69 Å². The number of nitrogen functional groups attached to an aromatic ring is 1. The number of aliphatic hydroxyl groups excluding tert-OH is 1. The maximum Gasteiger partial charge on any atom is 0.225 e. The van der Waals surface area contributed by atoms with Crippen molar-refractivity contribution in [1.29, 1.82) is 0 Å². The molecule has 0 radical (unpaired) electrons. The number of ether oxygens (including phenoxy) is 1. The molecule has 21 heavy (non-hydrogen) atoms. The van der Waals surface area contributed by atoms with Crippen LogP contribution in [0.4, 0.5) is 11.4 Å². The molecule has 1 aromatic carbocycles. The zero-order chi connectivity index (χ0) is 15.2. The third kappa shape index (κ3) is 4.57. The highest BCUT2D eigenvalue weighted by Crippen LogP contribution is 2.22. The van der Waals surface area contributed by atoms with Crippen molar-refractivity contribution in [2.45, 2.75) is 12.5 Å². The minimum absolute atomic E-state index is 0.0335. The minimum atomic E-state index is -0.118. The smallest absolute Gasteiger partial charge is 0.225 e. The van der Waals surface area contributed by atoms with E-state index in [9.17, 15) is 9.90 Å². The summed E-state index contributed by atoms with van der Waals surface area (Å²) in [6.07, 6.45) is 0.332. The summed E-state index contributed by atoms with van der Waals surface area (Å²) in [6, 6.07) is 4.92. The number of aliphatic hydroxyl groups is 1. The molecule has 1 aliphatic rings. The zero-order valence-electron chi connectivity index (χ0n) is 11.7. The Morgan fingerprint density at radius 3 is 3.10 bits per heavy atom. The number of rotatable bonds is 5. The lowest BCUT2D eigenvalue weighted by atomic mass is 10.2. The summed E-state index contributed by atoms with van der Waals surface area (Å²) in [4.78, 5) is 14.0. The molecule has 6 nitrogen and oxygen atoms in total. The second-order valence-corrected chi connectivity index (χ2v) is 5.41. The third-order valence-corrected chi connectivity index (χ3v) is 3.71. The minimum Gasteiger partial charge on any atom is -0.397 e. The van der Waals surface area contributed by atoms with E-state index in [2.05, 4.69) is 10.2 Å². The second-order valence-electron chi connectivity index (χ2n) is 4.98. The highest BCUT2D eigenvalue weighted by molar-refractivity contribution is 6.31. The van der Waals surface area contributed by atoms with Gasteiger partial charge in [-0.05, 0) is 18.2 Å². The Balaban J connectivity index is 1.84. The fourth-order valence-electron chi connectivity index (χ4n) is 2.26. The van der Waals surface area contributed by atoms with E-state index in [1.165, 1.54) is 0 Å². The molecular weight excluding hydrogens is 294 g/mol. The average molecular weight is 314 g/mol. The fraction of sp³-hybridized carbons (Fsp3) is 0.500. The Kier molecular flexibility index (Phi) is 5.81. The van der Waals surface area contributed by atoms with E-state index in [4.69, 9.17) is 22.1 Å². The van der Waals surface area contributed by atoms with Gasteiger partial charge in [-0.2, -0.15) is 0 Å². The Morgan fingerprint density at radius 2 is 2.38 bits per heavy atom. The van der Waals surface area contributed by atoms with Crippen LogP contribution in [0.25, 0.3) is 0 Å². The van der Waals surface area contributed by atoms with Gasteiger partial charge in [-0.1, -0.05) is 11.6 Å². The van der Waals surface area contributed by atoms with Crippen LogP contribution < -0.4 is 11.1 Å². The van der Waals surface area contributed by atoms with Crippen LogP contribution in [-0.4, -0.2) is 54.9 Å². The highest BCUT2D eigenvalue weighted by Gasteiger charge is 2.22. The first-order valence-corrected chi connectivity index (χ1v) is 7.25. The summed E-state index contributed by atoms with van der Waals surface area (Å²) in [6.45, 7) is 2.46. The molecule has 1 aromatic rings. The zero-order valence-corrected chi connectivity index (χ0v) is 12.5. The van der Waals surface area contributed by atoms with E-state index < -0.39 is 0 Å². The largest absolute Gasteiger partial charge is 0.397 e. The molecule has 2 rings (SSSR count). The van der Waals surface area contributed by atoms with E-state index in [1.54, 1.807) is 18.2 Å². The topological polar surface area (TPSA) is 87.8 Å². The van der Waals surface area contributed by atoms with Crippen LogP contribution in [0.2, 0.25) is 5.02 Å². The molecule has 1 atom stereocenters. The quantitative estimate of drug-likeness (QED) is 0.704. The number of carbonyl (C=O) groups is 1. The van der Waals surface area contributed by atoms with Crippen molar-refractivity contribution in [2.75, 3.05) is 44.0 Å². The summed E-state index contributed by atoms with van der Waals surface area (Å²) >= 11 is 5.81. The van der Waals surface area contributed by atoms with Gasteiger partial charge in [0, 0.05) is 24.5 Å². The normalized spacial score (nSPS) is 19.4. The molecule has 0 bridgehead atoms. The van der Waals surface area contributed by atoms with E-state index in [1.807, 2.05) is 0 Å². The van der Waals surface area contributed by atoms with Gasteiger partial charge in [0.1, 0.15) is 0 Å². The van der Waals surface area contributed by atoms with Crippen molar-refractivity contribution in [2.24, 2.45) is 0 Å². The molecule has 1 heterocycles. The summed E-state index contributed by atoms with van der Waals surface area (Å²) in [5.41, 5.74) is 6.79. The summed E-state index contributed by atoms with van der Waals surface area (Å²) in [7, 11) is 0. The SMILES string of the molecule is Nc1cc(Cl)ccc1NC(=O)CCN1CCOCC1CO. The van der Waals surface area contributed by atoms with Gasteiger partial charge in [0.25, 0.3) is 0 Å². The van der Waals surface area contributed by atoms with Crippen LogP contribution in [0.15, 0.2) is 18.2 Å². The molecular formula is C14H20ClN3O3.